The van der Waals surface area contributed by atoms with E-state index in [2.05, 4.69) is 5.32 Å². The summed E-state index contributed by atoms with van der Waals surface area (Å²) >= 11 is 12.9. The third kappa shape index (κ3) is 7.23. The van der Waals surface area contributed by atoms with Gasteiger partial charge in [0.15, 0.2) is 0 Å². The van der Waals surface area contributed by atoms with Crippen molar-refractivity contribution in [1.82, 2.24) is 10.2 Å². The molecule has 1 fully saturated rings. The highest BCUT2D eigenvalue weighted by atomic mass is 35.5. The number of hydrogen-bond donors (Lipinski definition) is 1. The van der Waals surface area contributed by atoms with Gasteiger partial charge < -0.3 is 10.2 Å². The van der Waals surface area contributed by atoms with Crippen LogP contribution in [0, 0.1) is 13.8 Å². The Balaban J connectivity index is 1.73. The Labute approximate surface area is 252 Å². The van der Waals surface area contributed by atoms with Gasteiger partial charge in [-0.2, -0.15) is 0 Å². The molecule has 41 heavy (non-hydrogen) atoms. The summed E-state index contributed by atoms with van der Waals surface area (Å²) in [6.07, 6.45) is 3.86. The van der Waals surface area contributed by atoms with Crippen molar-refractivity contribution in [2.45, 2.75) is 70.0 Å². The van der Waals surface area contributed by atoms with Gasteiger partial charge in [-0.25, -0.2) is 8.42 Å². The first-order chi connectivity index (χ1) is 19.5. The summed E-state index contributed by atoms with van der Waals surface area (Å²) in [5.74, 6) is -0.869. The van der Waals surface area contributed by atoms with Crippen molar-refractivity contribution in [2.75, 3.05) is 10.8 Å². The van der Waals surface area contributed by atoms with Crippen molar-refractivity contribution in [3.05, 3.63) is 93.5 Å². The fraction of sp³-hybridized carbons (Fsp3) is 0.355. The lowest BCUT2D eigenvalue weighted by Crippen LogP contribution is -2.52. The van der Waals surface area contributed by atoms with Crippen LogP contribution >= 0.6 is 23.2 Å². The molecular formula is C31H35Cl2N3O4S. The van der Waals surface area contributed by atoms with Crippen LogP contribution in [0.4, 0.5) is 5.69 Å². The SMILES string of the molecule is Cc1ccc(N(CC(=O)N(Cc2c(Cl)cccc2Cl)C(C)C(=O)NC2CCCC2)S(=O)(=O)c2ccccc2)c(C)c1. The minimum absolute atomic E-state index is 0.0518. The summed E-state index contributed by atoms with van der Waals surface area (Å²) in [6.45, 7) is 4.77. The number of nitrogens with one attached hydrogen (secondary N) is 1. The van der Waals surface area contributed by atoms with Gasteiger partial charge in [-0.15, -0.1) is 0 Å². The van der Waals surface area contributed by atoms with Crippen LogP contribution in [0.3, 0.4) is 0 Å². The fourth-order valence-corrected chi connectivity index (χ4v) is 7.16. The van der Waals surface area contributed by atoms with E-state index in [0.29, 0.717) is 26.9 Å². The molecule has 3 aromatic carbocycles. The van der Waals surface area contributed by atoms with Crippen molar-refractivity contribution in [3.63, 3.8) is 0 Å². The lowest BCUT2D eigenvalue weighted by atomic mass is 10.1. The zero-order valence-electron chi connectivity index (χ0n) is 23.4. The molecule has 218 valence electrons. The first kappa shape index (κ1) is 30.9. The van der Waals surface area contributed by atoms with Gasteiger partial charge in [0.2, 0.25) is 11.8 Å². The molecule has 0 bridgehead atoms. The lowest BCUT2D eigenvalue weighted by Gasteiger charge is -2.33. The summed E-state index contributed by atoms with van der Waals surface area (Å²) in [5, 5.41) is 3.75. The first-order valence-corrected chi connectivity index (χ1v) is 15.9. The van der Waals surface area contributed by atoms with Gasteiger partial charge in [0.25, 0.3) is 10.0 Å². The normalized spacial score (nSPS) is 14.5. The Morgan fingerprint density at radius 1 is 0.951 bits per heavy atom. The number of rotatable bonds is 10. The van der Waals surface area contributed by atoms with E-state index in [1.165, 1.54) is 17.0 Å². The second-order valence-corrected chi connectivity index (χ2v) is 13.2. The molecule has 1 aliphatic rings. The highest BCUT2D eigenvalue weighted by Crippen LogP contribution is 2.30. The van der Waals surface area contributed by atoms with Crippen molar-refractivity contribution < 1.29 is 18.0 Å². The Morgan fingerprint density at radius 2 is 1.59 bits per heavy atom. The smallest absolute Gasteiger partial charge is 0.264 e. The molecule has 2 amide bonds. The van der Waals surface area contributed by atoms with Crippen molar-refractivity contribution in [1.29, 1.82) is 0 Å². The third-order valence-corrected chi connectivity index (χ3v) is 9.97. The highest BCUT2D eigenvalue weighted by Gasteiger charge is 2.34. The van der Waals surface area contributed by atoms with Crippen LogP contribution in [-0.2, 0) is 26.2 Å². The van der Waals surface area contributed by atoms with Crippen molar-refractivity contribution in [2.24, 2.45) is 0 Å². The molecular weight excluding hydrogens is 581 g/mol. The van der Waals surface area contributed by atoms with Crippen molar-refractivity contribution >= 4 is 50.7 Å². The minimum Gasteiger partial charge on any atom is -0.352 e. The molecule has 3 aromatic rings. The first-order valence-electron chi connectivity index (χ1n) is 13.7. The lowest BCUT2D eigenvalue weighted by molar-refractivity contribution is -0.139. The topological polar surface area (TPSA) is 86.8 Å². The molecule has 1 atom stereocenters. The van der Waals surface area contributed by atoms with Gasteiger partial charge in [0.05, 0.1) is 10.6 Å². The minimum atomic E-state index is -4.14. The summed E-state index contributed by atoms with van der Waals surface area (Å²) in [4.78, 5) is 28.9. The zero-order chi connectivity index (χ0) is 29.7. The number of carbonyl (C=O) groups is 2. The zero-order valence-corrected chi connectivity index (χ0v) is 25.8. The summed E-state index contributed by atoms with van der Waals surface area (Å²) < 4.78 is 29.0. The van der Waals surface area contributed by atoms with Gasteiger partial charge in [0.1, 0.15) is 12.6 Å². The fourth-order valence-electron chi connectivity index (χ4n) is 5.15. The molecule has 0 radical (unpaired) electrons. The van der Waals surface area contributed by atoms with Gasteiger partial charge in [-0.3, -0.25) is 13.9 Å². The molecule has 0 aliphatic heterocycles. The quantitative estimate of drug-likeness (QED) is 0.291. The Kier molecular flexibility index (Phi) is 10.00. The summed E-state index contributed by atoms with van der Waals surface area (Å²) in [7, 11) is -4.14. The molecule has 1 saturated carbocycles. The van der Waals surface area contributed by atoms with Gasteiger partial charge in [-0.05, 0) is 69.5 Å². The monoisotopic (exact) mass is 615 g/mol. The standard InChI is InChI=1S/C31H35Cl2N3O4S/c1-21-16-17-29(22(2)18-21)36(41(39,40)25-12-5-4-6-13-25)20-30(37)35(19-26-27(32)14-9-15-28(26)33)23(3)31(38)34-24-10-7-8-11-24/h4-6,9,12-18,23-24H,7-8,10-11,19-20H2,1-3H3,(H,34,38). The van der Waals surface area contributed by atoms with Crippen LogP contribution in [-0.4, -0.2) is 43.8 Å². The molecule has 0 heterocycles. The number of nitrogens with zero attached hydrogens (tertiary/aromatic N) is 2. The number of hydrogen-bond acceptors (Lipinski definition) is 4. The van der Waals surface area contributed by atoms with E-state index in [1.54, 1.807) is 62.4 Å². The number of carbonyl (C=O) groups excluding carboxylic acids is 2. The maximum absolute atomic E-state index is 14.1. The molecule has 0 aromatic heterocycles. The van der Waals surface area contributed by atoms with E-state index < -0.39 is 28.5 Å². The summed E-state index contributed by atoms with van der Waals surface area (Å²) in [6, 6.07) is 17.5. The van der Waals surface area contributed by atoms with Gasteiger partial charge >= 0.3 is 0 Å². The van der Waals surface area contributed by atoms with Crippen LogP contribution < -0.4 is 9.62 Å². The maximum Gasteiger partial charge on any atom is 0.264 e. The van der Waals surface area contributed by atoms with Crippen LogP contribution in [0.15, 0.2) is 71.6 Å². The number of sulfonamides is 1. The number of amides is 2. The second-order valence-electron chi connectivity index (χ2n) is 10.5. The molecule has 1 unspecified atom stereocenters. The van der Waals surface area contributed by atoms with E-state index in [0.717, 1.165) is 35.6 Å². The molecule has 4 rings (SSSR count). The number of aryl methyl sites for hydroxylation is 2. The van der Waals surface area contributed by atoms with Crippen LogP contribution in [0.5, 0.6) is 0 Å². The predicted octanol–water partition coefficient (Wildman–Crippen LogP) is 6.28. The highest BCUT2D eigenvalue weighted by molar-refractivity contribution is 7.92. The van der Waals surface area contributed by atoms with E-state index in [9.17, 15) is 18.0 Å². The number of anilines is 1. The van der Waals surface area contributed by atoms with E-state index in [1.807, 2.05) is 13.0 Å². The van der Waals surface area contributed by atoms with Crippen LogP contribution in [0.25, 0.3) is 0 Å². The molecule has 1 N–H and O–H groups in total. The van der Waals surface area contributed by atoms with Crippen LogP contribution in [0.1, 0.15) is 49.3 Å². The molecule has 10 heteroatoms. The third-order valence-electron chi connectivity index (χ3n) is 7.49. The number of benzene rings is 3. The van der Waals surface area contributed by atoms with E-state index in [-0.39, 0.29) is 23.4 Å². The largest absolute Gasteiger partial charge is 0.352 e. The van der Waals surface area contributed by atoms with Gasteiger partial charge in [0, 0.05) is 28.2 Å². The maximum atomic E-state index is 14.1. The molecule has 0 saturated heterocycles. The Hall–Kier alpha value is -3.07. The number of halogens is 2. The van der Waals surface area contributed by atoms with Gasteiger partial charge in [-0.1, -0.05) is 78.0 Å². The summed E-state index contributed by atoms with van der Waals surface area (Å²) in [5.41, 5.74) is 2.52. The van der Waals surface area contributed by atoms with Crippen LogP contribution in [0.2, 0.25) is 10.0 Å². The van der Waals surface area contributed by atoms with E-state index >= 15 is 0 Å². The average molecular weight is 617 g/mol. The van der Waals surface area contributed by atoms with E-state index in [4.69, 9.17) is 23.2 Å². The predicted molar refractivity (Wildman–Crippen MR) is 164 cm³/mol. The Morgan fingerprint density at radius 3 is 2.20 bits per heavy atom. The second kappa shape index (κ2) is 13.3. The molecule has 7 nitrogen and oxygen atoms in total. The molecule has 1 aliphatic carbocycles. The van der Waals surface area contributed by atoms with Crippen molar-refractivity contribution in [3.8, 4) is 0 Å². The molecule has 0 spiro atoms. The average Bonchev–Trinajstić information content (AvgIpc) is 3.45. The Bertz CT molecular complexity index is 1490.